The third-order valence-corrected chi connectivity index (χ3v) is 4.83. The lowest BCUT2D eigenvalue weighted by molar-refractivity contribution is -0.122. The van der Waals surface area contributed by atoms with E-state index in [0.29, 0.717) is 15.8 Å². The van der Waals surface area contributed by atoms with E-state index in [9.17, 15) is 4.79 Å². The molecule has 23 heavy (non-hydrogen) atoms. The maximum absolute atomic E-state index is 12.6. The lowest BCUT2D eigenvalue weighted by Gasteiger charge is -2.14. The van der Waals surface area contributed by atoms with Gasteiger partial charge in [-0.15, -0.1) is 0 Å². The SMILES string of the molecule is COc1cccc(C=C2SC(=S)N(Cc3ccccc3)C2=O)c1. The van der Waals surface area contributed by atoms with Gasteiger partial charge in [0.05, 0.1) is 18.6 Å². The van der Waals surface area contributed by atoms with Crippen LogP contribution < -0.4 is 4.74 Å². The molecule has 0 aromatic heterocycles. The van der Waals surface area contributed by atoms with Gasteiger partial charge in [-0.1, -0.05) is 66.4 Å². The largest absolute Gasteiger partial charge is 0.497 e. The molecule has 1 amide bonds. The summed E-state index contributed by atoms with van der Waals surface area (Å²) in [7, 11) is 1.62. The maximum atomic E-state index is 12.6. The molecule has 1 aliphatic rings. The summed E-state index contributed by atoms with van der Waals surface area (Å²) in [4.78, 5) is 14.9. The van der Waals surface area contributed by atoms with E-state index in [2.05, 4.69) is 0 Å². The molecule has 3 nitrogen and oxygen atoms in total. The number of benzene rings is 2. The highest BCUT2D eigenvalue weighted by Crippen LogP contribution is 2.33. The van der Waals surface area contributed by atoms with Crippen LogP contribution in [0.1, 0.15) is 11.1 Å². The quantitative estimate of drug-likeness (QED) is 0.619. The van der Waals surface area contributed by atoms with E-state index in [4.69, 9.17) is 17.0 Å². The van der Waals surface area contributed by atoms with Gasteiger partial charge in [0.25, 0.3) is 5.91 Å². The summed E-state index contributed by atoms with van der Waals surface area (Å²) in [6.07, 6.45) is 1.85. The van der Waals surface area contributed by atoms with Crippen molar-refractivity contribution >= 4 is 40.3 Å². The molecule has 3 rings (SSSR count). The van der Waals surface area contributed by atoms with Crippen LogP contribution in [0.2, 0.25) is 0 Å². The highest BCUT2D eigenvalue weighted by Gasteiger charge is 2.31. The van der Waals surface area contributed by atoms with Gasteiger partial charge < -0.3 is 4.74 Å². The van der Waals surface area contributed by atoms with Crippen molar-refractivity contribution in [2.75, 3.05) is 7.11 Å². The van der Waals surface area contributed by atoms with Crippen LogP contribution in [0.5, 0.6) is 5.75 Å². The van der Waals surface area contributed by atoms with Crippen molar-refractivity contribution in [1.82, 2.24) is 4.90 Å². The van der Waals surface area contributed by atoms with Gasteiger partial charge in [0.1, 0.15) is 10.1 Å². The van der Waals surface area contributed by atoms with E-state index in [1.807, 2.05) is 60.7 Å². The van der Waals surface area contributed by atoms with Crippen molar-refractivity contribution in [1.29, 1.82) is 0 Å². The fourth-order valence-corrected chi connectivity index (χ4v) is 3.54. The number of carbonyl (C=O) groups is 1. The average Bonchev–Trinajstić information content (AvgIpc) is 2.83. The Kier molecular flexibility index (Phi) is 4.79. The Morgan fingerprint density at radius 2 is 1.96 bits per heavy atom. The topological polar surface area (TPSA) is 29.5 Å². The van der Waals surface area contributed by atoms with Gasteiger partial charge >= 0.3 is 0 Å². The third-order valence-electron chi connectivity index (χ3n) is 3.45. The Bertz CT molecular complexity index is 772. The number of methoxy groups -OCH3 is 1. The standard InChI is InChI=1S/C18H15NO2S2/c1-21-15-9-5-8-14(10-15)11-16-17(20)19(18(22)23-16)12-13-6-3-2-4-7-13/h2-11H,12H2,1H3. The van der Waals surface area contributed by atoms with Gasteiger partial charge in [-0.25, -0.2) is 0 Å². The van der Waals surface area contributed by atoms with E-state index in [1.54, 1.807) is 12.0 Å². The van der Waals surface area contributed by atoms with E-state index in [-0.39, 0.29) is 5.91 Å². The number of amides is 1. The lowest BCUT2D eigenvalue weighted by atomic mass is 10.2. The van der Waals surface area contributed by atoms with Crippen molar-refractivity contribution in [3.05, 3.63) is 70.6 Å². The van der Waals surface area contributed by atoms with Crippen LogP contribution in [-0.4, -0.2) is 22.2 Å². The minimum absolute atomic E-state index is 0.0494. The van der Waals surface area contributed by atoms with Crippen molar-refractivity contribution in [3.63, 3.8) is 0 Å². The van der Waals surface area contributed by atoms with Crippen LogP contribution in [0.15, 0.2) is 59.5 Å². The van der Waals surface area contributed by atoms with Crippen LogP contribution in [-0.2, 0) is 11.3 Å². The molecule has 0 radical (unpaired) electrons. The van der Waals surface area contributed by atoms with Crippen molar-refractivity contribution in [2.45, 2.75) is 6.54 Å². The lowest BCUT2D eigenvalue weighted by Crippen LogP contribution is -2.27. The van der Waals surface area contributed by atoms with Crippen LogP contribution >= 0.6 is 24.0 Å². The number of carbonyl (C=O) groups excluding carboxylic acids is 1. The maximum Gasteiger partial charge on any atom is 0.266 e. The molecule has 0 spiro atoms. The van der Waals surface area contributed by atoms with Crippen LogP contribution in [0.25, 0.3) is 6.08 Å². The number of thioether (sulfide) groups is 1. The minimum atomic E-state index is -0.0494. The Morgan fingerprint density at radius 3 is 2.70 bits per heavy atom. The predicted molar refractivity (Wildman–Crippen MR) is 98.2 cm³/mol. The molecular formula is C18H15NO2S2. The number of hydrogen-bond donors (Lipinski definition) is 0. The highest BCUT2D eigenvalue weighted by atomic mass is 32.2. The van der Waals surface area contributed by atoms with Gasteiger partial charge in [-0.3, -0.25) is 9.69 Å². The molecule has 0 saturated carbocycles. The van der Waals surface area contributed by atoms with Gasteiger partial charge in [0, 0.05) is 0 Å². The molecule has 116 valence electrons. The van der Waals surface area contributed by atoms with Gasteiger partial charge in [0.15, 0.2) is 0 Å². The zero-order valence-corrected chi connectivity index (χ0v) is 14.2. The smallest absolute Gasteiger partial charge is 0.266 e. The average molecular weight is 341 g/mol. The second kappa shape index (κ2) is 6.98. The molecule has 0 unspecified atom stereocenters. The fraction of sp³-hybridized carbons (Fsp3) is 0.111. The molecule has 0 aliphatic carbocycles. The van der Waals surface area contributed by atoms with Crippen LogP contribution in [0.3, 0.4) is 0 Å². The first kappa shape index (κ1) is 15.8. The molecule has 2 aromatic carbocycles. The fourth-order valence-electron chi connectivity index (χ4n) is 2.28. The molecule has 0 N–H and O–H groups in total. The van der Waals surface area contributed by atoms with E-state index in [1.165, 1.54) is 11.8 Å². The minimum Gasteiger partial charge on any atom is -0.497 e. The first-order valence-corrected chi connectivity index (χ1v) is 8.33. The molecule has 0 atom stereocenters. The van der Waals surface area contributed by atoms with Crippen molar-refractivity contribution < 1.29 is 9.53 Å². The molecule has 1 saturated heterocycles. The summed E-state index contributed by atoms with van der Waals surface area (Å²) >= 11 is 6.70. The molecule has 0 bridgehead atoms. The zero-order valence-electron chi connectivity index (χ0n) is 12.6. The molecule has 5 heteroatoms. The summed E-state index contributed by atoms with van der Waals surface area (Å²) in [5, 5.41) is 0. The second-order valence-electron chi connectivity index (χ2n) is 5.03. The molecule has 2 aromatic rings. The Balaban J connectivity index is 1.81. The Hall–Kier alpha value is -2.11. The van der Waals surface area contributed by atoms with Crippen LogP contribution in [0, 0.1) is 0 Å². The normalized spacial score (nSPS) is 16.2. The Morgan fingerprint density at radius 1 is 1.17 bits per heavy atom. The van der Waals surface area contributed by atoms with Gasteiger partial charge in [0.2, 0.25) is 0 Å². The summed E-state index contributed by atoms with van der Waals surface area (Å²) in [5.41, 5.74) is 1.98. The highest BCUT2D eigenvalue weighted by molar-refractivity contribution is 8.26. The summed E-state index contributed by atoms with van der Waals surface area (Å²) in [6.45, 7) is 0.501. The molecular weight excluding hydrogens is 326 g/mol. The molecule has 1 fully saturated rings. The molecule has 1 aliphatic heterocycles. The van der Waals surface area contributed by atoms with Crippen molar-refractivity contribution in [2.24, 2.45) is 0 Å². The number of hydrogen-bond acceptors (Lipinski definition) is 4. The monoisotopic (exact) mass is 341 g/mol. The summed E-state index contributed by atoms with van der Waals surface area (Å²) in [5.74, 6) is 0.713. The summed E-state index contributed by atoms with van der Waals surface area (Å²) < 4.78 is 5.80. The van der Waals surface area contributed by atoms with E-state index < -0.39 is 0 Å². The number of nitrogens with zero attached hydrogens (tertiary/aromatic N) is 1. The number of thiocarbonyl (C=S) groups is 1. The van der Waals surface area contributed by atoms with E-state index >= 15 is 0 Å². The second-order valence-corrected chi connectivity index (χ2v) is 6.71. The first-order valence-electron chi connectivity index (χ1n) is 7.11. The number of ether oxygens (including phenoxy) is 1. The van der Waals surface area contributed by atoms with E-state index in [0.717, 1.165) is 16.9 Å². The number of rotatable bonds is 4. The third kappa shape index (κ3) is 3.63. The van der Waals surface area contributed by atoms with Crippen LogP contribution in [0.4, 0.5) is 0 Å². The van der Waals surface area contributed by atoms with Gasteiger partial charge in [-0.2, -0.15) is 0 Å². The first-order chi connectivity index (χ1) is 11.2. The zero-order chi connectivity index (χ0) is 16.2. The Labute approximate surface area is 144 Å². The predicted octanol–water partition coefficient (Wildman–Crippen LogP) is 4.10. The molecule has 1 heterocycles. The van der Waals surface area contributed by atoms with Crippen molar-refractivity contribution in [3.8, 4) is 5.75 Å². The van der Waals surface area contributed by atoms with Gasteiger partial charge in [-0.05, 0) is 29.3 Å². The summed E-state index contributed by atoms with van der Waals surface area (Å²) in [6, 6.07) is 17.5.